The first-order valence-electron chi connectivity index (χ1n) is 24.6. The molecule has 68 heavy (non-hydrogen) atoms. The first-order valence-corrected chi connectivity index (χ1v) is 24.6. The lowest BCUT2D eigenvalue weighted by atomic mass is 9.68. The van der Waals surface area contributed by atoms with Crippen LogP contribution in [0.15, 0.2) is 242 Å². The molecular weight excluding hydrogens is 817 g/mol. The van der Waals surface area contributed by atoms with Gasteiger partial charge in [-0.15, -0.1) is 0 Å². The molecule has 0 heterocycles. The van der Waals surface area contributed by atoms with E-state index in [1.807, 2.05) is 0 Å². The number of hydrogen-bond acceptors (Lipinski definition) is 0. The van der Waals surface area contributed by atoms with Crippen molar-refractivity contribution in [3.05, 3.63) is 275 Å². The Kier molecular flexibility index (Phi) is 9.09. The quantitative estimate of drug-likeness (QED) is 0.150. The van der Waals surface area contributed by atoms with Crippen molar-refractivity contribution in [1.29, 1.82) is 0 Å². The second-order valence-electron chi connectivity index (χ2n) is 19.2. The van der Waals surface area contributed by atoms with Gasteiger partial charge in [-0.25, -0.2) is 0 Å². The van der Waals surface area contributed by atoms with Crippen LogP contribution in [0.4, 0.5) is 0 Å². The van der Waals surface area contributed by atoms with Crippen molar-refractivity contribution in [3.8, 4) is 44.5 Å². The van der Waals surface area contributed by atoms with E-state index in [-0.39, 0.29) is 0 Å². The fraction of sp³-hybridized carbons (Fsp3) is 0.0882. The number of fused-ring (bicyclic) bond motifs is 7. The predicted molar refractivity (Wildman–Crippen MR) is 287 cm³/mol. The van der Waals surface area contributed by atoms with E-state index in [2.05, 4.69) is 231 Å². The van der Waals surface area contributed by atoms with Crippen LogP contribution in [0.2, 0.25) is 0 Å². The average molecular weight is 865 g/mol. The van der Waals surface area contributed by atoms with Crippen LogP contribution in [0, 0.1) is 5.92 Å². The minimum absolute atomic E-state index is 0.301. The SMILES string of the molecule is c1ccc(C2=C(c3ccccc3)C(C3CCCCC3c3ccc4ccccc4c3)=C3C2=C(c2ccc4c5c(cccc25)-c2ccccc2-4)c2cc(-c4ccccc4)c(-c4ccccc4)cc23)cc1. The lowest BCUT2D eigenvalue weighted by Gasteiger charge is -2.35. The monoisotopic (exact) mass is 864 g/mol. The summed E-state index contributed by atoms with van der Waals surface area (Å²) in [6, 6.07) is 87.3. The van der Waals surface area contributed by atoms with Gasteiger partial charge < -0.3 is 0 Å². The molecule has 1 saturated carbocycles. The van der Waals surface area contributed by atoms with Gasteiger partial charge in [-0.05, 0) is 170 Å². The Hall–Kier alpha value is -8.06. The van der Waals surface area contributed by atoms with Crippen LogP contribution in [0.3, 0.4) is 0 Å². The third-order valence-electron chi connectivity index (χ3n) is 15.7. The van der Waals surface area contributed by atoms with E-state index in [0.717, 1.165) is 6.42 Å². The van der Waals surface area contributed by atoms with Crippen LogP contribution in [-0.4, -0.2) is 0 Å². The van der Waals surface area contributed by atoms with E-state index in [1.165, 1.54) is 152 Å². The minimum atomic E-state index is 0.301. The minimum Gasteiger partial charge on any atom is -0.0622 e. The van der Waals surface area contributed by atoms with E-state index in [4.69, 9.17) is 0 Å². The largest absolute Gasteiger partial charge is 0.0622 e. The molecule has 10 aromatic rings. The van der Waals surface area contributed by atoms with Crippen LogP contribution < -0.4 is 0 Å². The van der Waals surface area contributed by atoms with Crippen LogP contribution in [0.25, 0.3) is 88.3 Å². The van der Waals surface area contributed by atoms with Gasteiger partial charge >= 0.3 is 0 Å². The normalized spacial score (nSPS) is 17.0. The molecule has 1 fully saturated rings. The summed E-state index contributed by atoms with van der Waals surface area (Å²) in [6.45, 7) is 0. The summed E-state index contributed by atoms with van der Waals surface area (Å²) in [5, 5.41) is 5.30. The maximum atomic E-state index is 2.59. The topological polar surface area (TPSA) is 0 Å². The lowest BCUT2D eigenvalue weighted by molar-refractivity contribution is 0.355. The number of benzene rings is 10. The molecule has 0 heteroatoms. The molecule has 0 bridgehead atoms. The molecule has 14 rings (SSSR count). The highest BCUT2D eigenvalue weighted by molar-refractivity contribution is 6.30. The zero-order valence-corrected chi connectivity index (χ0v) is 37.9. The number of rotatable bonds is 7. The van der Waals surface area contributed by atoms with Gasteiger partial charge in [0.1, 0.15) is 0 Å². The standard InChI is InChI=1S/C68H48/c1-5-21-44(22-6-1)58-41-60-61(42-59(58)45-23-7-2-8-24-45)67-66(53-33-18-15-30-50(53)49-37-36-43-20-13-14-29-48(43)40-49)62(46-25-9-3-10-26-46)63(47-27-11-4-12-28-47)68(67)65(60)57-39-38-56-52-32-17-16-31-51(52)54-34-19-35-55(57)64(54)56/h1-14,16-17,19-29,31-32,34-42,50,53H,15,18,30,33H2. The molecule has 0 saturated heterocycles. The molecule has 0 spiro atoms. The maximum Gasteiger partial charge on any atom is -0.000464 e. The first-order chi connectivity index (χ1) is 33.8. The van der Waals surface area contributed by atoms with Gasteiger partial charge in [0.05, 0.1) is 0 Å². The van der Waals surface area contributed by atoms with Gasteiger partial charge in [-0.1, -0.05) is 231 Å². The fourth-order valence-electron chi connectivity index (χ4n) is 12.8. The Morgan fingerprint density at radius 3 is 1.41 bits per heavy atom. The Labute approximate surface area is 398 Å². The summed E-state index contributed by atoms with van der Waals surface area (Å²) >= 11 is 0. The second-order valence-corrected chi connectivity index (χ2v) is 19.2. The van der Waals surface area contributed by atoms with Crippen molar-refractivity contribution in [2.24, 2.45) is 5.92 Å². The first kappa shape index (κ1) is 39.1. The van der Waals surface area contributed by atoms with Crippen LogP contribution in [-0.2, 0) is 0 Å². The zero-order chi connectivity index (χ0) is 44.7. The van der Waals surface area contributed by atoms with Gasteiger partial charge in [0, 0.05) is 0 Å². The average Bonchev–Trinajstić information content (AvgIpc) is 4.05. The number of allylic oxidation sites excluding steroid dienone is 5. The van der Waals surface area contributed by atoms with Crippen molar-refractivity contribution in [1.82, 2.24) is 0 Å². The summed E-state index contributed by atoms with van der Waals surface area (Å²) in [5.41, 5.74) is 26.7. The van der Waals surface area contributed by atoms with E-state index in [1.54, 1.807) is 0 Å². The van der Waals surface area contributed by atoms with Gasteiger partial charge in [0.25, 0.3) is 0 Å². The van der Waals surface area contributed by atoms with Crippen molar-refractivity contribution in [2.45, 2.75) is 31.6 Å². The fourth-order valence-corrected chi connectivity index (χ4v) is 12.8. The molecule has 0 N–H and O–H groups in total. The molecule has 4 aliphatic carbocycles. The molecule has 2 atom stereocenters. The summed E-state index contributed by atoms with van der Waals surface area (Å²) < 4.78 is 0. The van der Waals surface area contributed by atoms with Crippen molar-refractivity contribution in [2.75, 3.05) is 0 Å². The van der Waals surface area contributed by atoms with Gasteiger partial charge in [-0.2, -0.15) is 0 Å². The smallest absolute Gasteiger partial charge is 0.000464 e. The van der Waals surface area contributed by atoms with Crippen LogP contribution in [0.5, 0.6) is 0 Å². The van der Waals surface area contributed by atoms with E-state index in [0.29, 0.717) is 11.8 Å². The number of hydrogen-bond donors (Lipinski definition) is 0. The molecular formula is C68H48. The Bertz CT molecular complexity index is 3720. The highest BCUT2D eigenvalue weighted by Crippen LogP contribution is 2.64. The summed E-state index contributed by atoms with van der Waals surface area (Å²) in [4.78, 5) is 0. The molecule has 0 nitrogen and oxygen atoms in total. The lowest BCUT2D eigenvalue weighted by Crippen LogP contribution is -2.21. The molecule has 0 amide bonds. The van der Waals surface area contributed by atoms with Crippen molar-refractivity contribution < 1.29 is 0 Å². The van der Waals surface area contributed by atoms with Crippen molar-refractivity contribution >= 4 is 43.8 Å². The molecule has 4 aliphatic rings. The summed E-state index contributed by atoms with van der Waals surface area (Å²) in [6.07, 6.45) is 4.75. The molecule has 10 aromatic carbocycles. The molecule has 0 aliphatic heterocycles. The van der Waals surface area contributed by atoms with Crippen LogP contribution in [0.1, 0.15) is 65.0 Å². The van der Waals surface area contributed by atoms with Crippen molar-refractivity contribution in [3.63, 3.8) is 0 Å². The second kappa shape index (κ2) is 15.8. The zero-order valence-electron chi connectivity index (χ0n) is 37.9. The molecule has 0 aromatic heterocycles. The van der Waals surface area contributed by atoms with Crippen LogP contribution >= 0.6 is 0 Å². The highest BCUT2D eigenvalue weighted by Gasteiger charge is 2.45. The third kappa shape index (κ3) is 6.00. The molecule has 2 unspecified atom stereocenters. The van der Waals surface area contributed by atoms with Gasteiger partial charge in [0.2, 0.25) is 0 Å². The Morgan fingerprint density at radius 2 is 0.765 bits per heavy atom. The Balaban J connectivity index is 1.15. The van der Waals surface area contributed by atoms with Gasteiger partial charge in [0.15, 0.2) is 0 Å². The summed E-state index contributed by atoms with van der Waals surface area (Å²) in [7, 11) is 0. The molecule has 0 radical (unpaired) electrons. The predicted octanol–water partition coefficient (Wildman–Crippen LogP) is 18.1. The van der Waals surface area contributed by atoms with E-state index in [9.17, 15) is 0 Å². The van der Waals surface area contributed by atoms with Gasteiger partial charge in [-0.3, -0.25) is 0 Å². The maximum absolute atomic E-state index is 2.59. The van der Waals surface area contributed by atoms with E-state index < -0.39 is 0 Å². The highest BCUT2D eigenvalue weighted by atomic mass is 14.5. The Morgan fingerprint density at radius 1 is 0.265 bits per heavy atom. The molecule has 320 valence electrons. The third-order valence-corrected chi connectivity index (χ3v) is 15.7. The van der Waals surface area contributed by atoms with E-state index >= 15 is 0 Å². The summed E-state index contributed by atoms with van der Waals surface area (Å²) in [5.74, 6) is 0.667.